The van der Waals surface area contributed by atoms with Crippen LogP contribution in [0.15, 0.2) is 60.8 Å². The summed E-state index contributed by atoms with van der Waals surface area (Å²) < 4.78 is 10.1. The van der Waals surface area contributed by atoms with Gasteiger partial charge in [0.25, 0.3) is 5.91 Å². The van der Waals surface area contributed by atoms with E-state index < -0.39 is 12.1 Å². The molecule has 1 aliphatic heterocycles. The molecule has 4 saturated carbocycles. The first-order chi connectivity index (χ1) is 29.7. The van der Waals surface area contributed by atoms with Crippen LogP contribution in [0.2, 0.25) is 0 Å². The van der Waals surface area contributed by atoms with Crippen LogP contribution in [0.25, 0.3) is 21.3 Å². The number of fused-ring (bicyclic) bond motifs is 4. The standard InChI is InChI=1S/C48H57N7O6S/c1-30-35(20-49-55(30)29-46-24-44(2)23-45(3)25-47(26-46,28-48(44,45)27-46)61-19-18-53(4)16-15-32(57)22-56)33-12-13-39(51-40(33)42(59)60)54-17-14-31-8-7-9-34(36(31)21-54)41(58)52-43-50-37-10-5-6-11-38(37)62-43/h5-13,20,32,56-57H,14-19,21-29H2,1-4H3,(H,59,60)(H,50,52,58). The molecule has 4 aliphatic carbocycles. The highest BCUT2D eigenvalue weighted by atomic mass is 32.1. The molecule has 1 amide bonds. The summed E-state index contributed by atoms with van der Waals surface area (Å²) in [5.74, 6) is -0.772. The maximum Gasteiger partial charge on any atom is 0.355 e. The van der Waals surface area contributed by atoms with Gasteiger partial charge in [-0.15, -0.1) is 0 Å². The molecule has 4 heterocycles. The summed E-state index contributed by atoms with van der Waals surface area (Å²) in [6, 6.07) is 17.4. The average Bonchev–Trinajstić information content (AvgIpc) is 3.90. The van der Waals surface area contributed by atoms with Gasteiger partial charge in [0.15, 0.2) is 10.8 Å². The minimum Gasteiger partial charge on any atom is -0.476 e. The number of aliphatic hydroxyl groups excluding tert-OH is 2. The van der Waals surface area contributed by atoms with Gasteiger partial charge in [-0.2, -0.15) is 5.10 Å². The number of aromatic carboxylic acids is 1. The van der Waals surface area contributed by atoms with Crippen LogP contribution in [-0.2, 0) is 24.2 Å². The second kappa shape index (κ2) is 14.9. The van der Waals surface area contributed by atoms with E-state index in [9.17, 15) is 24.9 Å². The van der Waals surface area contributed by atoms with Gasteiger partial charge in [-0.05, 0) is 128 Å². The molecule has 14 heteroatoms. The molecule has 6 atom stereocenters. The van der Waals surface area contributed by atoms with Crippen molar-refractivity contribution < 1.29 is 29.6 Å². The van der Waals surface area contributed by atoms with Gasteiger partial charge in [-0.3, -0.25) is 14.8 Å². The Balaban J connectivity index is 0.869. The van der Waals surface area contributed by atoms with Crippen molar-refractivity contribution in [1.82, 2.24) is 24.6 Å². The topological polar surface area (TPSA) is 166 Å². The Kier molecular flexibility index (Phi) is 9.95. The number of hydrogen-bond donors (Lipinski definition) is 4. The van der Waals surface area contributed by atoms with Crippen molar-refractivity contribution >= 4 is 44.4 Å². The first-order valence-corrected chi connectivity index (χ1v) is 22.9. The van der Waals surface area contributed by atoms with E-state index in [1.165, 1.54) is 17.8 Å². The van der Waals surface area contributed by atoms with Gasteiger partial charge >= 0.3 is 5.97 Å². The maximum absolute atomic E-state index is 13.7. The number of para-hydroxylation sites is 1. The summed E-state index contributed by atoms with van der Waals surface area (Å²) in [4.78, 5) is 40.3. The van der Waals surface area contributed by atoms with Crippen molar-refractivity contribution in [2.24, 2.45) is 21.7 Å². The van der Waals surface area contributed by atoms with E-state index in [0.717, 1.165) is 77.8 Å². The van der Waals surface area contributed by atoms with E-state index in [0.29, 0.717) is 61.2 Å². The third kappa shape index (κ3) is 6.67. The molecule has 13 nitrogen and oxygen atoms in total. The lowest BCUT2D eigenvalue weighted by Gasteiger charge is -2.64. The molecule has 0 radical (unpaired) electrons. The number of anilines is 2. The summed E-state index contributed by atoms with van der Waals surface area (Å²) in [5.41, 5.74) is 6.20. The lowest BCUT2D eigenvalue weighted by molar-refractivity contribution is -0.158. The summed E-state index contributed by atoms with van der Waals surface area (Å²) >= 11 is 1.44. The molecule has 4 N–H and O–H groups in total. The second-order valence-corrected chi connectivity index (χ2v) is 21.0. The van der Waals surface area contributed by atoms with Crippen molar-refractivity contribution in [3.63, 3.8) is 0 Å². The van der Waals surface area contributed by atoms with Crippen molar-refractivity contribution in [3.05, 3.63) is 88.9 Å². The van der Waals surface area contributed by atoms with Gasteiger partial charge in [0.05, 0.1) is 41.3 Å². The van der Waals surface area contributed by atoms with Crippen LogP contribution >= 0.6 is 11.3 Å². The van der Waals surface area contributed by atoms with Crippen LogP contribution in [-0.4, -0.2) is 103 Å². The number of pyridine rings is 1. The van der Waals surface area contributed by atoms with E-state index in [1.54, 1.807) is 0 Å². The van der Waals surface area contributed by atoms with Crippen LogP contribution in [0.3, 0.4) is 0 Å². The van der Waals surface area contributed by atoms with Gasteiger partial charge in [0.1, 0.15) is 5.82 Å². The highest BCUT2D eigenvalue weighted by Gasteiger charge is 2.84. The Labute approximate surface area is 366 Å². The molecule has 0 saturated heterocycles. The molecule has 3 bridgehead atoms. The number of carboxylic acids is 1. The number of hydrogen-bond acceptors (Lipinski definition) is 11. The van der Waals surface area contributed by atoms with E-state index in [2.05, 4.69) is 44.7 Å². The zero-order valence-electron chi connectivity index (χ0n) is 36.1. The summed E-state index contributed by atoms with van der Waals surface area (Å²) in [6.07, 6.45) is 9.01. The maximum atomic E-state index is 13.7. The molecule has 5 aliphatic rings. The number of likely N-dealkylation sites (N-methyl/N-ethyl adjacent to an activating group) is 1. The molecule has 326 valence electrons. The summed E-state index contributed by atoms with van der Waals surface area (Å²) in [6.45, 7) is 10.7. The minimum atomic E-state index is -1.10. The minimum absolute atomic E-state index is 0.0128. The average molecular weight is 860 g/mol. The molecule has 4 fully saturated rings. The van der Waals surface area contributed by atoms with Crippen LogP contribution in [0.1, 0.15) is 96.5 Å². The summed E-state index contributed by atoms with van der Waals surface area (Å²) in [7, 11) is 2.04. The lowest BCUT2D eigenvalue weighted by Crippen LogP contribution is -2.57. The number of aromatic nitrogens is 4. The fourth-order valence-corrected chi connectivity index (χ4v) is 14.4. The van der Waals surface area contributed by atoms with E-state index in [1.807, 2.05) is 68.7 Å². The number of aliphatic hydroxyl groups is 2. The van der Waals surface area contributed by atoms with Gasteiger partial charge in [0.2, 0.25) is 0 Å². The molecule has 1 spiro atoms. The fourth-order valence-electron chi connectivity index (χ4n) is 13.6. The van der Waals surface area contributed by atoms with Crippen molar-refractivity contribution in [2.75, 3.05) is 50.1 Å². The van der Waals surface area contributed by atoms with Crippen LogP contribution < -0.4 is 10.2 Å². The molecule has 62 heavy (non-hydrogen) atoms. The first kappa shape index (κ1) is 41.3. The largest absolute Gasteiger partial charge is 0.476 e. The van der Waals surface area contributed by atoms with Gasteiger partial charge in [-0.25, -0.2) is 14.8 Å². The summed E-state index contributed by atoms with van der Waals surface area (Å²) in [5, 5.41) is 38.2. The number of nitrogens with one attached hydrogen (secondary N) is 1. The van der Waals surface area contributed by atoms with Crippen LogP contribution in [0.4, 0.5) is 10.9 Å². The quantitative estimate of drug-likeness (QED) is 0.0842. The van der Waals surface area contributed by atoms with Gasteiger partial charge in [-0.1, -0.05) is 49.4 Å². The number of benzene rings is 2. The van der Waals surface area contributed by atoms with Crippen LogP contribution in [0.5, 0.6) is 0 Å². The highest BCUT2D eigenvalue weighted by Crippen LogP contribution is 2.89. The number of ether oxygens (including phenoxy) is 1. The number of thiazole rings is 1. The van der Waals surface area contributed by atoms with E-state index in [4.69, 9.17) is 14.8 Å². The Hall–Kier alpha value is -4.73. The second-order valence-electron chi connectivity index (χ2n) is 20.0. The Morgan fingerprint density at radius 3 is 2.60 bits per heavy atom. The van der Waals surface area contributed by atoms with Crippen molar-refractivity contribution in [2.45, 2.75) is 96.9 Å². The normalized spacial score (nSPS) is 28.6. The number of carboxylic acid groups (broad SMARTS) is 1. The van der Waals surface area contributed by atoms with Gasteiger partial charge in [0, 0.05) is 55.1 Å². The fraction of sp³-hybridized carbons (Fsp3) is 0.521. The number of amides is 1. The molecule has 3 aromatic heterocycles. The molecular weight excluding hydrogens is 803 g/mol. The third-order valence-corrected chi connectivity index (χ3v) is 16.8. The molecular formula is C48H57N7O6S. The SMILES string of the molecule is Cc1c(-c2ccc(N3CCc4cccc(C(=O)Nc5nc6ccccc6s5)c4C3)nc2C(=O)O)cnn1CC12CC3(OCCN(C)CCC(O)CO)CC4(C)CC(C)(C1)C4(C2)C3. The van der Waals surface area contributed by atoms with E-state index >= 15 is 0 Å². The molecule has 6 unspecified atom stereocenters. The van der Waals surface area contributed by atoms with Crippen molar-refractivity contribution in [1.29, 1.82) is 0 Å². The third-order valence-electron chi connectivity index (χ3n) is 15.8. The first-order valence-electron chi connectivity index (χ1n) is 22.1. The predicted octanol–water partition coefficient (Wildman–Crippen LogP) is 7.19. The molecule has 2 aromatic carbocycles. The number of nitrogens with zero attached hydrogens (tertiary/aromatic N) is 6. The Morgan fingerprint density at radius 2 is 1.79 bits per heavy atom. The smallest absolute Gasteiger partial charge is 0.355 e. The Morgan fingerprint density at radius 1 is 0.968 bits per heavy atom. The van der Waals surface area contributed by atoms with Gasteiger partial charge < -0.3 is 29.9 Å². The van der Waals surface area contributed by atoms with Crippen molar-refractivity contribution in [3.8, 4) is 11.1 Å². The monoisotopic (exact) mass is 859 g/mol. The zero-order chi connectivity index (χ0) is 43.2. The van der Waals surface area contributed by atoms with Crippen LogP contribution in [0, 0.1) is 28.6 Å². The number of carbonyl (C=O) groups excluding carboxylic acids is 1. The zero-order valence-corrected chi connectivity index (χ0v) is 36.9. The number of rotatable bonds is 15. The predicted molar refractivity (Wildman–Crippen MR) is 239 cm³/mol. The Bertz CT molecular complexity index is 2560. The lowest BCUT2D eigenvalue weighted by atomic mass is 9.40. The molecule has 10 rings (SSSR count). The highest BCUT2D eigenvalue weighted by molar-refractivity contribution is 7.22. The van der Waals surface area contributed by atoms with E-state index in [-0.39, 0.29) is 45.5 Å². The molecule has 5 aromatic rings. The number of carbonyl (C=O) groups is 2.